The van der Waals surface area contributed by atoms with Gasteiger partial charge in [-0.25, -0.2) is 0 Å². The molecule has 0 atom stereocenters. The molecule has 13 heavy (non-hydrogen) atoms. The van der Waals surface area contributed by atoms with E-state index in [1.165, 1.54) is 19.3 Å². The van der Waals surface area contributed by atoms with Gasteiger partial charge in [0, 0.05) is 34.1 Å². The average Bonchev–Trinajstić information content (AvgIpc) is 2.49. The van der Waals surface area contributed by atoms with Crippen molar-refractivity contribution in [3.05, 3.63) is 15.5 Å². The maximum absolute atomic E-state index is 5.07. The maximum Gasteiger partial charge on any atom is 0.196 e. The molecule has 0 N–H and O–H groups in total. The third-order valence-corrected chi connectivity index (χ3v) is 2.84. The smallest absolute Gasteiger partial charge is 0.196 e. The molecule has 0 bridgehead atoms. The van der Waals surface area contributed by atoms with Gasteiger partial charge in [0.15, 0.2) is 3.77 Å². The van der Waals surface area contributed by atoms with Gasteiger partial charge in [0.2, 0.25) is 0 Å². The van der Waals surface area contributed by atoms with Gasteiger partial charge in [0.05, 0.1) is 5.69 Å². The van der Waals surface area contributed by atoms with Crippen molar-refractivity contribution in [3.63, 3.8) is 0 Å². The molecule has 0 fully saturated rings. The Hall–Kier alpha value is -0.0600. The Balaban J connectivity index is 2.68. The maximum atomic E-state index is 5.07. The van der Waals surface area contributed by atoms with E-state index in [1.807, 2.05) is 6.07 Å². The van der Waals surface area contributed by atoms with Crippen LogP contribution < -0.4 is 0 Å². The summed E-state index contributed by atoms with van der Waals surface area (Å²) in [6, 6.07) is 2.02. The lowest BCUT2D eigenvalue weighted by molar-refractivity contribution is 0.359. The van der Waals surface area contributed by atoms with Gasteiger partial charge in [-0.15, -0.1) is 0 Å². The summed E-state index contributed by atoms with van der Waals surface area (Å²) < 4.78 is 5.94. The molecule has 1 heterocycles. The molecule has 0 aliphatic rings. The van der Waals surface area contributed by atoms with Gasteiger partial charge in [-0.3, -0.25) is 0 Å². The van der Waals surface area contributed by atoms with Gasteiger partial charge in [-0.2, -0.15) is 0 Å². The molecule has 2 nitrogen and oxygen atoms in total. The van der Waals surface area contributed by atoms with Crippen LogP contribution in [0.5, 0.6) is 0 Å². The normalized spacial score (nSPS) is 12.0. The van der Waals surface area contributed by atoms with E-state index in [2.05, 4.69) is 48.5 Å². The van der Waals surface area contributed by atoms with Crippen molar-refractivity contribution in [3.8, 4) is 0 Å². The van der Waals surface area contributed by atoms with Gasteiger partial charge < -0.3 is 4.52 Å². The van der Waals surface area contributed by atoms with E-state index in [-0.39, 0.29) is 5.41 Å². The minimum atomic E-state index is 0.156. The summed E-state index contributed by atoms with van der Waals surface area (Å²) in [4.78, 5) is 0. The summed E-state index contributed by atoms with van der Waals surface area (Å²) >= 11 is 2.15. The Morgan fingerprint density at radius 3 is 2.69 bits per heavy atom. The molecule has 0 spiro atoms. The summed E-state index contributed by atoms with van der Waals surface area (Å²) in [5, 5.41) is 4.06. The van der Waals surface area contributed by atoms with Gasteiger partial charge in [0.25, 0.3) is 0 Å². The van der Waals surface area contributed by atoms with Crippen molar-refractivity contribution in [2.75, 3.05) is 0 Å². The molecule has 0 aliphatic carbocycles. The molecule has 0 saturated heterocycles. The molecule has 0 saturated carbocycles. The largest absolute Gasteiger partial charge is 0.350 e. The zero-order chi connectivity index (χ0) is 9.90. The summed E-state index contributed by atoms with van der Waals surface area (Å²) in [7, 11) is 0. The van der Waals surface area contributed by atoms with E-state index in [9.17, 15) is 0 Å². The third kappa shape index (κ3) is 2.97. The Kier molecular flexibility index (Phi) is 3.76. The zero-order valence-corrected chi connectivity index (χ0v) is 10.6. The second-order valence-corrected chi connectivity index (χ2v) is 5.07. The quantitative estimate of drug-likeness (QED) is 0.790. The van der Waals surface area contributed by atoms with Crippen LogP contribution in [0.4, 0.5) is 0 Å². The average molecular weight is 293 g/mol. The third-order valence-electron chi connectivity index (χ3n) is 2.33. The number of hydrogen-bond acceptors (Lipinski definition) is 2. The number of rotatable bonds is 4. The Labute approximate surface area is 93.2 Å². The highest BCUT2D eigenvalue weighted by Crippen LogP contribution is 2.28. The second kappa shape index (κ2) is 4.44. The first-order valence-electron chi connectivity index (χ1n) is 4.69. The Morgan fingerprint density at radius 1 is 1.54 bits per heavy atom. The van der Waals surface area contributed by atoms with Crippen LogP contribution in [-0.4, -0.2) is 5.16 Å². The van der Waals surface area contributed by atoms with Crippen molar-refractivity contribution in [2.45, 2.75) is 45.4 Å². The van der Waals surface area contributed by atoms with Crippen LogP contribution in [0.1, 0.15) is 45.7 Å². The van der Waals surface area contributed by atoms with Crippen molar-refractivity contribution < 1.29 is 4.52 Å². The van der Waals surface area contributed by atoms with Gasteiger partial charge in [-0.05, 0) is 6.42 Å². The van der Waals surface area contributed by atoms with Crippen LogP contribution in [0.2, 0.25) is 0 Å². The predicted molar refractivity (Wildman–Crippen MR) is 61.8 cm³/mol. The number of unbranched alkanes of at least 4 members (excludes halogenated alkanes) is 1. The fourth-order valence-corrected chi connectivity index (χ4v) is 1.71. The number of nitrogens with zero attached hydrogens (tertiary/aromatic N) is 1. The van der Waals surface area contributed by atoms with Gasteiger partial charge in [0.1, 0.15) is 0 Å². The number of aromatic nitrogens is 1. The number of halogens is 1. The van der Waals surface area contributed by atoms with Crippen molar-refractivity contribution in [1.29, 1.82) is 0 Å². The minimum absolute atomic E-state index is 0.156. The molecule has 74 valence electrons. The van der Waals surface area contributed by atoms with Crippen LogP contribution in [0.15, 0.2) is 10.6 Å². The predicted octanol–water partition coefficient (Wildman–Crippen LogP) is 3.75. The van der Waals surface area contributed by atoms with E-state index >= 15 is 0 Å². The van der Waals surface area contributed by atoms with E-state index in [1.54, 1.807) is 0 Å². The minimum Gasteiger partial charge on any atom is -0.350 e. The molecule has 1 aromatic heterocycles. The summed E-state index contributed by atoms with van der Waals surface area (Å²) in [5.41, 5.74) is 1.23. The van der Waals surface area contributed by atoms with Crippen LogP contribution in [0, 0.1) is 3.77 Å². The van der Waals surface area contributed by atoms with E-state index in [4.69, 9.17) is 4.52 Å². The standard InChI is InChI=1S/C10H16INO/c1-4-5-6-10(2,3)8-7-9(11)13-12-8/h7H,4-6H2,1-3H3. The fourth-order valence-electron chi connectivity index (χ4n) is 1.32. The Morgan fingerprint density at radius 2 is 2.23 bits per heavy atom. The summed E-state index contributed by atoms with van der Waals surface area (Å²) in [6.07, 6.45) is 3.65. The van der Waals surface area contributed by atoms with Crippen LogP contribution >= 0.6 is 22.6 Å². The number of hydrogen-bond donors (Lipinski definition) is 0. The molecule has 1 aromatic rings. The van der Waals surface area contributed by atoms with Crippen molar-refractivity contribution >= 4 is 22.6 Å². The van der Waals surface area contributed by atoms with E-state index in [0.29, 0.717) is 0 Å². The molecule has 3 heteroatoms. The fraction of sp³-hybridized carbons (Fsp3) is 0.700. The highest BCUT2D eigenvalue weighted by molar-refractivity contribution is 14.1. The molecule has 0 radical (unpaired) electrons. The second-order valence-electron chi connectivity index (χ2n) is 4.00. The summed E-state index contributed by atoms with van der Waals surface area (Å²) in [5.74, 6) is 0. The molecule has 0 aromatic carbocycles. The van der Waals surface area contributed by atoms with Crippen LogP contribution in [0.25, 0.3) is 0 Å². The highest BCUT2D eigenvalue weighted by Gasteiger charge is 2.23. The molecular weight excluding hydrogens is 277 g/mol. The lowest BCUT2D eigenvalue weighted by Gasteiger charge is -2.20. The van der Waals surface area contributed by atoms with Gasteiger partial charge >= 0.3 is 0 Å². The lowest BCUT2D eigenvalue weighted by Crippen LogP contribution is -2.17. The first-order valence-corrected chi connectivity index (χ1v) is 5.77. The topological polar surface area (TPSA) is 26.0 Å². The molecule has 0 amide bonds. The van der Waals surface area contributed by atoms with E-state index < -0.39 is 0 Å². The monoisotopic (exact) mass is 293 g/mol. The molecule has 0 aliphatic heterocycles. The zero-order valence-electron chi connectivity index (χ0n) is 8.43. The molecule has 1 rings (SSSR count). The van der Waals surface area contributed by atoms with Crippen molar-refractivity contribution in [2.24, 2.45) is 0 Å². The first-order chi connectivity index (χ1) is 6.06. The molecular formula is C10H16INO. The first kappa shape index (κ1) is 11.0. The lowest BCUT2D eigenvalue weighted by atomic mass is 9.84. The van der Waals surface area contributed by atoms with Gasteiger partial charge in [-0.1, -0.05) is 38.8 Å². The van der Waals surface area contributed by atoms with E-state index in [0.717, 1.165) is 9.46 Å². The van der Waals surface area contributed by atoms with Crippen LogP contribution in [0.3, 0.4) is 0 Å². The SMILES string of the molecule is CCCCC(C)(C)c1cc(I)on1. The van der Waals surface area contributed by atoms with Crippen LogP contribution in [-0.2, 0) is 5.41 Å². The Bertz CT molecular complexity index is 268. The van der Waals surface area contributed by atoms with Crippen molar-refractivity contribution in [1.82, 2.24) is 5.16 Å². The molecule has 0 unspecified atom stereocenters. The summed E-state index contributed by atoms with van der Waals surface area (Å²) in [6.45, 7) is 6.65. The highest BCUT2D eigenvalue weighted by atomic mass is 127.